The second-order valence-corrected chi connectivity index (χ2v) is 10.7. The Morgan fingerprint density at radius 3 is 1.71 bits per heavy atom. The summed E-state index contributed by atoms with van der Waals surface area (Å²) in [7, 11) is 1.35. The van der Waals surface area contributed by atoms with Gasteiger partial charge in [0, 0.05) is 24.9 Å². The Bertz CT molecular complexity index is 815. The largest absolute Gasteiger partial charge is 0.508 e. The minimum atomic E-state index is -0.618. The number of benzene rings is 2. The molecule has 0 aromatic heterocycles. The summed E-state index contributed by atoms with van der Waals surface area (Å²) in [6.45, 7) is 14.0. The van der Waals surface area contributed by atoms with E-state index >= 15 is 0 Å². The van der Waals surface area contributed by atoms with Crippen molar-refractivity contribution in [2.75, 3.05) is 13.7 Å². The lowest BCUT2D eigenvalue weighted by Crippen LogP contribution is -2.30. The molecule has 0 amide bonds. The van der Waals surface area contributed by atoms with E-state index in [1.807, 2.05) is 0 Å². The van der Waals surface area contributed by atoms with Crippen molar-refractivity contribution in [2.24, 2.45) is 0 Å². The SMILES string of the molecule is COC(=O)O[C@H]1CN[C@@H](C(c2ccc(C(C)(C)C)cc2)c2ccc(C(C)(C)C)cc2)C1. The van der Waals surface area contributed by atoms with E-state index in [2.05, 4.69) is 100 Å². The van der Waals surface area contributed by atoms with Crippen molar-refractivity contribution in [3.8, 4) is 0 Å². The third-order valence-electron chi connectivity index (χ3n) is 6.23. The zero-order valence-electron chi connectivity index (χ0n) is 20.0. The lowest BCUT2D eigenvalue weighted by molar-refractivity contribution is 0.0430. The van der Waals surface area contributed by atoms with E-state index in [9.17, 15) is 4.79 Å². The van der Waals surface area contributed by atoms with E-state index in [1.165, 1.54) is 29.4 Å². The number of rotatable bonds is 4. The predicted molar refractivity (Wildman–Crippen MR) is 126 cm³/mol. The molecule has 4 heteroatoms. The van der Waals surface area contributed by atoms with E-state index in [4.69, 9.17) is 4.74 Å². The first-order valence-electron chi connectivity index (χ1n) is 11.2. The number of carbonyl (C=O) groups excluding carboxylic acids is 1. The Balaban J connectivity index is 1.92. The highest BCUT2D eigenvalue weighted by atomic mass is 16.7. The molecule has 1 fully saturated rings. The number of methoxy groups -OCH3 is 1. The van der Waals surface area contributed by atoms with Crippen molar-refractivity contribution in [3.05, 3.63) is 70.8 Å². The molecule has 0 bridgehead atoms. The van der Waals surface area contributed by atoms with Crippen LogP contribution in [0.2, 0.25) is 0 Å². The highest BCUT2D eigenvalue weighted by Gasteiger charge is 2.34. The van der Waals surface area contributed by atoms with Crippen LogP contribution in [0, 0.1) is 0 Å². The Kier molecular flexibility index (Phi) is 6.80. The van der Waals surface area contributed by atoms with Crippen LogP contribution in [0.5, 0.6) is 0 Å². The van der Waals surface area contributed by atoms with E-state index in [1.54, 1.807) is 0 Å². The summed E-state index contributed by atoms with van der Waals surface area (Å²) in [6, 6.07) is 18.1. The molecule has 0 spiro atoms. The maximum Gasteiger partial charge on any atom is 0.508 e. The van der Waals surface area contributed by atoms with Crippen LogP contribution in [0.1, 0.15) is 76.1 Å². The molecule has 0 radical (unpaired) electrons. The van der Waals surface area contributed by atoms with Crippen LogP contribution in [0.15, 0.2) is 48.5 Å². The molecule has 2 atom stereocenters. The molecule has 1 saturated heterocycles. The maximum atomic E-state index is 11.6. The minimum absolute atomic E-state index is 0.118. The fraction of sp³-hybridized carbons (Fsp3) is 0.519. The Hall–Kier alpha value is -2.33. The lowest BCUT2D eigenvalue weighted by Gasteiger charge is -2.27. The fourth-order valence-corrected chi connectivity index (χ4v) is 4.30. The molecule has 1 aliphatic rings. The van der Waals surface area contributed by atoms with Gasteiger partial charge in [-0.05, 0) is 33.1 Å². The molecule has 0 aliphatic carbocycles. The third kappa shape index (κ3) is 5.68. The first-order valence-corrected chi connectivity index (χ1v) is 11.2. The van der Waals surface area contributed by atoms with Crippen molar-refractivity contribution in [2.45, 2.75) is 76.9 Å². The van der Waals surface area contributed by atoms with E-state index < -0.39 is 6.16 Å². The smallest absolute Gasteiger partial charge is 0.438 e. The minimum Gasteiger partial charge on any atom is -0.438 e. The van der Waals surface area contributed by atoms with Gasteiger partial charge in [0.1, 0.15) is 6.10 Å². The summed E-state index contributed by atoms with van der Waals surface area (Å²) >= 11 is 0. The predicted octanol–water partition coefficient (Wildman–Crippen LogP) is 5.93. The second kappa shape index (κ2) is 9.04. The molecule has 4 nitrogen and oxygen atoms in total. The molecule has 31 heavy (non-hydrogen) atoms. The average molecular weight is 424 g/mol. The highest BCUT2D eigenvalue weighted by Crippen LogP contribution is 2.35. The number of hydrogen-bond donors (Lipinski definition) is 1. The molecule has 2 aromatic carbocycles. The Morgan fingerprint density at radius 2 is 1.32 bits per heavy atom. The van der Waals surface area contributed by atoms with Crippen molar-refractivity contribution in [1.29, 1.82) is 0 Å². The van der Waals surface area contributed by atoms with Gasteiger partial charge in [-0.3, -0.25) is 0 Å². The van der Waals surface area contributed by atoms with Gasteiger partial charge in [0.2, 0.25) is 0 Å². The first-order chi connectivity index (χ1) is 14.5. The summed E-state index contributed by atoms with van der Waals surface area (Å²) in [6.07, 6.45) is -0.0438. The number of carbonyl (C=O) groups is 1. The van der Waals surface area contributed by atoms with E-state index in [0.29, 0.717) is 6.54 Å². The normalized spacial score (nSPS) is 19.5. The van der Waals surface area contributed by atoms with Gasteiger partial charge in [-0.1, -0.05) is 90.1 Å². The van der Waals surface area contributed by atoms with Gasteiger partial charge in [-0.2, -0.15) is 0 Å². The van der Waals surface area contributed by atoms with Crippen LogP contribution in [0.25, 0.3) is 0 Å². The molecule has 1 heterocycles. The van der Waals surface area contributed by atoms with Gasteiger partial charge in [-0.15, -0.1) is 0 Å². The fourth-order valence-electron chi connectivity index (χ4n) is 4.30. The monoisotopic (exact) mass is 423 g/mol. The first kappa shape index (κ1) is 23.3. The van der Waals surface area contributed by atoms with Gasteiger partial charge < -0.3 is 14.8 Å². The van der Waals surface area contributed by atoms with E-state index in [-0.39, 0.29) is 28.9 Å². The molecular formula is C27H37NO3. The van der Waals surface area contributed by atoms with Gasteiger partial charge in [-0.25, -0.2) is 4.79 Å². The quantitative estimate of drug-likeness (QED) is 0.620. The highest BCUT2D eigenvalue weighted by molar-refractivity contribution is 5.59. The van der Waals surface area contributed by atoms with Crippen molar-refractivity contribution in [3.63, 3.8) is 0 Å². The van der Waals surface area contributed by atoms with E-state index in [0.717, 1.165) is 6.42 Å². The van der Waals surface area contributed by atoms with Crippen LogP contribution in [0.4, 0.5) is 4.79 Å². The zero-order chi connectivity index (χ0) is 22.8. The number of hydrogen-bond acceptors (Lipinski definition) is 4. The summed E-state index contributed by atoms with van der Waals surface area (Å²) < 4.78 is 10.1. The summed E-state index contributed by atoms with van der Waals surface area (Å²) in [5.74, 6) is 0.175. The second-order valence-electron chi connectivity index (χ2n) is 10.7. The molecule has 0 unspecified atom stereocenters. The summed E-state index contributed by atoms with van der Waals surface area (Å²) in [5, 5.41) is 3.59. The maximum absolute atomic E-state index is 11.6. The summed E-state index contributed by atoms with van der Waals surface area (Å²) in [5.41, 5.74) is 5.43. The lowest BCUT2D eigenvalue weighted by atomic mass is 9.80. The van der Waals surface area contributed by atoms with Crippen LogP contribution < -0.4 is 5.32 Å². The van der Waals surface area contributed by atoms with Crippen molar-refractivity contribution < 1.29 is 14.3 Å². The van der Waals surface area contributed by atoms with Crippen LogP contribution >= 0.6 is 0 Å². The van der Waals surface area contributed by atoms with Crippen molar-refractivity contribution >= 4 is 6.16 Å². The zero-order valence-corrected chi connectivity index (χ0v) is 20.0. The van der Waals surface area contributed by atoms with Gasteiger partial charge in [0.05, 0.1) is 7.11 Å². The van der Waals surface area contributed by atoms with Crippen LogP contribution in [-0.2, 0) is 20.3 Å². The van der Waals surface area contributed by atoms with Gasteiger partial charge in [0.25, 0.3) is 0 Å². The molecule has 168 valence electrons. The molecule has 1 N–H and O–H groups in total. The van der Waals surface area contributed by atoms with Crippen molar-refractivity contribution in [1.82, 2.24) is 5.32 Å². The summed E-state index contributed by atoms with van der Waals surface area (Å²) in [4.78, 5) is 11.6. The third-order valence-corrected chi connectivity index (χ3v) is 6.23. The topological polar surface area (TPSA) is 47.6 Å². The molecule has 2 aromatic rings. The number of nitrogens with one attached hydrogen (secondary N) is 1. The standard InChI is InChI=1S/C27H37NO3/c1-26(2,3)20-12-8-18(9-13-20)24(19-10-14-21(15-11-19)27(4,5)6)23-16-22(17-28-23)31-25(29)30-7/h8-15,22-24,28H,16-17H2,1-7H3/t22-,23-/m1/s1. The average Bonchev–Trinajstić information content (AvgIpc) is 3.15. The molecule has 1 aliphatic heterocycles. The number of ether oxygens (including phenoxy) is 2. The van der Waals surface area contributed by atoms with Crippen LogP contribution in [0.3, 0.4) is 0 Å². The molecular weight excluding hydrogens is 386 g/mol. The molecule has 3 rings (SSSR count). The molecule has 0 saturated carbocycles. The Labute approximate surface area is 187 Å². The Morgan fingerprint density at radius 1 is 0.871 bits per heavy atom. The van der Waals surface area contributed by atoms with Gasteiger partial charge in [0.15, 0.2) is 0 Å². The van der Waals surface area contributed by atoms with Gasteiger partial charge >= 0.3 is 6.16 Å². The van der Waals surface area contributed by atoms with Crippen LogP contribution in [-0.4, -0.2) is 32.0 Å².